The molecule has 7 heteroatoms. The molecule has 1 N–H and O–H groups in total. The Hall–Kier alpha value is -1.47. The largest absolute Gasteiger partial charge is 0.310 e. The molecular formula is C13H14BrN3O3. The van der Waals surface area contributed by atoms with E-state index in [2.05, 4.69) is 21.2 Å². The van der Waals surface area contributed by atoms with Crippen LogP contribution < -0.4 is 10.2 Å². The Bertz CT molecular complexity index is 574. The fourth-order valence-corrected chi connectivity index (χ4v) is 2.89. The highest BCUT2D eigenvalue weighted by molar-refractivity contribution is 9.10. The van der Waals surface area contributed by atoms with Gasteiger partial charge in [0.1, 0.15) is 0 Å². The summed E-state index contributed by atoms with van der Waals surface area (Å²) in [6.07, 6.45) is 3.00. The van der Waals surface area contributed by atoms with Crippen LogP contribution in [0.1, 0.15) is 19.3 Å². The van der Waals surface area contributed by atoms with Crippen LogP contribution in [0.15, 0.2) is 22.7 Å². The third-order valence-electron chi connectivity index (χ3n) is 3.65. The lowest BCUT2D eigenvalue weighted by molar-refractivity contribution is -0.384. The topological polar surface area (TPSA) is 75.5 Å². The van der Waals surface area contributed by atoms with Crippen LogP contribution >= 0.6 is 15.9 Å². The summed E-state index contributed by atoms with van der Waals surface area (Å²) in [5, 5.41) is 14.2. The Morgan fingerprint density at radius 3 is 2.75 bits per heavy atom. The van der Waals surface area contributed by atoms with Gasteiger partial charge < -0.3 is 10.2 Å². The molecule has 1 aliphatic carbocycles. The van der Waals surface area contributed by atoms with E-state index in [0.29, 0.717) is 22.7 Å². The minimum absolute atomic E-state index is 0.00176. The quantitative estimate of drug-likeness (QED) is 0.674. The summed E-state index contributed by atoms with van der Waals surface area (Å²) < 4.78 is 0.698. The molecule has 0 bridgehead atoms. The van der Waals surface area contributed by atoms with E-state index in [1.54, 1.807) is 11.0 Å². The number of hydrogen-bond acceptors (Lipinski definition) is 4. The second-order valence-corrected chi connectivity index (χ2v) is 6.02. The number of nitrogens with one attached hydrogen (secondary N) is 1. The monoisotopic (exact) mass is 339 g/mol. The molecule has 106 valence electrons. The molecule has 1 saturated carbocycles. The van der Waals surface area contributed by atoms with Crippen molar-refractivity contribution in [3.05, 3.63) is 32.8 Å². The summed E-state index contributed by atoms with van der Waals surface area (Å²) >= 11 is 3.36. The predicted molar refractivity (Wildman–Crippen MR) is 77.7 cm³/mol. The molecule has 1 amide bonds. The first-order valence-electron chi connectivity index (χ1n) is 6.57. The SMILES string of the molecule is O=C1C(NC2CC2)CCN1c1cc([N+](=O)[O-])ccc1Br. The van der Waals surface area contributed by atoms with E-state index in [1.165, 1.54) is 12.1 Å². The first kappa shape index (κ1) is 13.5. The lowest BCUT2D eigenvalue weighted by atomic mass is 10.2. The lowest BCUT2D eigenvalue weighted by Gasteiger charge is -2.18. The molecule has 1 aromatic carbocycles. The molecule has 6 nitrogen and oxygen atoms in total. The molecule has 0 aromatic heterocycles. The van der Waals surface area contributed by atoms with Gasteiger partial charge in [-0.25, -0.2) is 0 Å². The summed E-state index contributed by atoms with van der Waals surface area (Å²) in [5.74, 6) is -0.00176. The van der Waals surface area contributed by atoms with E-state index in [4.69, 9.17) is 0 Å². The van der Waals surface area contributed by atoms with Gasteiger partial charge in [0.05, 0.1) is 16.7 Å². The van der Waals surface area contributed by atoms with Crippen molar-refractivity contribution >= 4 is 33.2 Å². The van der Waals surface area contributed by atoms with Gasteiger partial charge in [0.15, 0.2) is 0 Å². The van der Waals surface area contributed by atoms with Gasteiger partial charge in [0, 0.05) is 29.2 Å². The number of carbonyl (C=O) groups is 1. The lowest BCUT2D eigenvalue weighted by Crippen LogP contribution is -2.39. The van der Waals surface area contributed by atoms with E-state index >= 15 is 0 Å². The van der Waals surface area contributed by atoms with Gasteiger partial charge in [-0.15, -0.1) is 0 Å². The molecule has 1 saturated heterocycles. The van der Waals surface area contributed by atoms with Gasteiger partial charge in [-0.05, 0) is 41.3 Å². The predicted octanol–water partition coefficient (Wildman–Crippen LogP) is 2.21. The van der Waals surface area contributed by atoms with Gasteiger partial charge in [0.2, 0.25) is 5.91 Å². The third kappa shape index (κ3) is 2.55. The molecule has 1 heterocycles. The average Bonchev–Trinajstić information content (AvgIpc) is 3.16. The number of halogens is 1. The van der Waals surface area contributed by atoms with Crippen molar-refractivity contribution < 1.29 is 9.72 Å². The Labute approximate surface area is 124 Å². The normalized spacial score (nSPS) is 22.4. The summed E-state index contributed by atoms with van der Waals surface area (Å²) in [7, 11) is 0. The number of non-ortho nitro benzene ring substituents is 1. The first-order chi connectivity index (χ1) is 9.56. The van der Waals surface area contributed by atoms with Gasteiger partial charge in [-0.3, -0.25) is 14.9 Å². The number of benzene rings is 1. The van der Waals surface area contributed by atoms with E-state index < -0.39 is 4.92 Å². The van der Waals surface area contributed by atoms with Crippen molar-refractivity contribution in [3.63, 3.8) is 0 Å². The zero-order valence-corrected chi connectivity index (χ0v) is 12.3. The zero-order chi connectivity index (χ0) is 14.3. The number of nitro benzene ring substituents is 1. The van der Waals surface area contributed by atoms with Crippen LogP contribution in [0.25, 0.3) is 0 Å². The molecule has 1 unspecified atom stereocenters. The molecule has 0 radical (unpaired) electrons. The van der Waals surface area contributed by atoms with E-state index in [-0.39, 0.29) is 17.6 Å². The Kier molecular flexibility index (Phi) is 3.47. The van der Waals surface area contributed by atoms with Crippen molar-refractivity contribution in [2.24, 2.45) is 0 Å². The highest BCUT2D eigenvalue weighted by Gasteiger charge is 2.37. The average molecular weight is 340 g/mol. The Morgan fingerprint density at radius 2 is 2.10 bits per heavy atom. The van der Waals surface area contributed by atoms with Crippen molar-refractivity contribution in [2.75, 3.05) is 11.4 Å². The van der Waals surface area contributed by atoms with Crippen molar-refractivity contribution in [3.8, 4) is 0 Å². The molecule has 3 rings (SSSR count). The highest BCUT2D eigenvalue weighted by Crippen LogP contribution is 2.33. The molecular weight excluding hydrogens is 326 g/mol. The maximum Gasteiger partial charge on any atom is 0.271 e. The fourth-order valence-electron chi connectivity index (χ4n) is 2.43. The van der Waals surface area contributed by atoms with Crippen LogP contribution in [-0.4, -0.2) is 29.5 Å². The maximum absolute atomic E-state index is 12.4. The molecule has 20 heavy (non-hydrogen) atoms. The first-order valence-corrected chi connectivity index (χ1v) is 7.37. The molecule has 2 fully saturated rings. The number of carbonyl (C=O) groups excluding carboxylic acids is 1. The minimum atomic E-state index is -0.448. The van der Waals surface area contributed by atoms with Crippen LogP contribution in [-0.2, 0) is 4.79 Å². The number of hydrogen-bond donors (Lipinski definition) is 1. The molecule has 0 spiro atoms. The van der Waals surface area contributed by atoms with Crippen LogP contribution in [0.4, 0.5) is 11.4 Å². The maximum atomic E-state index is 12.4. The van der Waals surface area contributed by atoms with Crippen LogP contribution in [0.2, 0.25) is 0 Å². The second kappa shape index (κ2) is 5.14. The van der Waals surface area contributed by atoms with Gasteiger partial charge in [0.25, 0.3) is 5.69 Å². The van der Waals surface area contributed by atoms with Gasteiger partial charge in [-0.2, -0.15) is 0 Å². The van der Waals surface area contributed by atoms with E-state index in [9.17, 15) is 14.9 Å². The second-order valence-electron chi connectivity index (χ2n) is 5.16. The van der Waals surface area contributed by atoms with Crippen molar-refractivity contribution in [1.82, 2.24) is 5.32 Å². The summed E-state index contributed by atoms with van der Waals surface area (Å²) in [6, 6.07) is 4.80. The van der Waals surface area contributed by atoms with Gasteiger partial charge >= 0.3 is 0 Å². The Balaban J connectivity index is 1.83. The molecule has 1 atom stereocenters. The van der Waals surface area contributed by atoms with Gasteiger partial charge in [-0.1, -0.05) is 0 Å². The minimum Gasteiger partial charge on any atom is -0.310 e. The number of rotatable bonds is 4. The van der Waals surface area contributed by atoms with Crippen LogP contribution in [0.3, 0.4) is 0 Å². The standard InChI is InChI=1S/C13H14BrN3O3/c14-10-4-3-9(17(19)20)7-12(10)16-6-5-11(13(16)18)15-8-1-2-8/h3-4,7-8,11,15H,1-2,5-6H2. The summed E-state index contributed by atoms with van der Waals surface area (Å²) in [4.78, 5) is 24.4. The number of anilines is 1. The van der Waals surface area contributed by atoms with Crippen molar-refractivity contribution in [1.29, 1.82) is 0 Å². The Morgan fingerprint density at radius 1 is 1.35 bits per heavy atom. The molecule has 2 aliphatic rings. The van der Waals surface area contributed by atoms with Crippen molar-refractivity contribution in [2.45, 2.75) is 31.3 Å². The zero-order valence-electron chi connectivity index (χ0n) is 10.7. The highest BCUT2D eigenvalue weighted by atomic mass is 79.9. The third-order valence-corrected chi connectivity index (χ3v) is 4.32. The summed E-state index contributed by atoms with van der Waals surface area (Å²) in [6.45, 7) is 0.586. The number of nitro groups is 1. The smallest absolute Gasteiger partial charge is 0.271 e. The fraction of sp³-hybridized carbons (Fsp3) is 0.462. The molecule has 1 aromatic rings. The van der Waals surface area contributed by atoms with E-state index in [0.717, 1.165) is 19.3 Å². The number of nitrogens with zero attached hydrogens (tertiary/aromatic N) is 2. The summed E-state index contributed by atoms with van der Waals surface area (Å²) in [5.41, 5.74) is 0.568. The van der Waals surface area contributed by atoms with E-state index in [1.807, 2.05) is 0 Å². The van der Waals surface area contributed by atoms with Crippen LogP contribution in [0.5, 0.6) is 0 Å². The van der Waals surface area contributed by atoms with Crippen LogP contribution in [0, 0.1) is 10.1 Å². The molecule has 1 aliphatic heterocycles. The number of amides is 1.